The SMILES string of the molecule is [2H]C([2H])(c1cc([N+]#[C-])cc2c1oc1c(-c3cccc[n+]3C)c(C)ccc12)C(C)C. The van der Waals surface area contributed by atoms with Crippen molar-refractivity contribution in [1.82, 2.24) is 0 Å². The largest absolute Gasteiger partial charge is 0.455 e. The Bertz CT molecular complexity index is 1300. The van der Waals surface area contributed by atoms with Crippen molar-refractivity contribution in [3.63, 3.8) is 0 Å². The van der Waals surface area contributed by atoms with Gasteiger partial charge in [0.2, 0.25) is 5.69 Å². The number of pyridine rings is 1. The molecule has 0 atom stereocenters. The number of nitrogens with zero attached hydrogens (tertiary/aromatic N) is 2. The highest BCUT2D eigenvalue weighted by Crippen LogP contribution is 2.40. The average molecular weight is 357 g/mol. The molecule has 27 heavy (non-hydrogen) atoms. The summed E-state index contributed by atoms with van der Waals surface area (Å²) >= 11 is 0. The van der Waals surface area contributed by atoms with E-state index in [1.165, 1.54) is 0 Å². The van der Waals surface area contributed by atoms with E-state index >= 15 is 0 Å². The number of aryl methyl sites for hydroxylation is 2. The standard InChI is InChI=1S/C24H23N2O/c1-15(2)12-17-13-18(25-4)14-20-19-10-9-16(3)22(24(19)27-23(17)20)21-8-6-7-11-26(21)5/h6-11,13-15H,12H2,1-3,5H3/q+1/i12D2. The van der Waals surface area contributed by atoms with Crippen molar-refractivity contribution in [2.24, 2.45) is 13.0 Å². The number of fused-ring (bicyclic) bond motifs is 3. The third kappa shape index (κ3) is 2.88. The van der Waals surface area contributed by atoms with E-state index in [1.807, 2.05) is 62.8 Å². The van der Waals surface area contributed by atoms with Crippen LogP contribution in [0, 0.1) is 19.4 Å². The molecular formula is C24H23N2O+. The Balaban J connectivity index is 2.17. The molecule has 2 aromatic carbocycles. The second-order valence-corrected chi connectivity index (χ2v) is 7.21. The molecule has 0 saturated heterocycles. The lowest BCUT2D eigenvalue weighted by Crippen LogP contribution is -2.30. The summed E-state index contributed by atoms with van der Waals surface area (Å²) in [6.07, 6.45) is 0.385. The van der Waals surface area contributed by atoms with Gasteiger partial charge in [0, 0.05) is 25.6 Å². The van der Waals surface area contributed by atoms with E-state index in [1.54, 1.807) is 12.1 Å². The first-order valence-electron chi connectivity index (χ1n) is 10.1. The highest BCUT2D eigenvalue weighted by Gasteiger charge is 2.21. The molecule has 0 saturated carbocycles. The zero-order chi connectivity index (χ0) is 20.9. The van der Waals surface area contributed by atoms with Crippen molar-refractivity contribution in [1.29, 1.82) is 0 Å². The number of benzene rings is 2. The predicted octanol–water partition coefficient (Wildman–Crippen LogP) is 6.14. The van der Waals surface area contributed by atoms with Crippen LogP contribution >= 0.6 is 0 Å². The molecule has 4 aromatic rings. The summed E-state index contributed by atoms with van der Waals surface area (Å²) in [5.41, 5.74) is 5.20. The van der Waals surface area contributed by atoms with Crippen LogP contribution in [0.1, 0.15) is 27.7 Å². The van der Waals surface area contributed by atoms with Crippen LogP contribution in [-0.2, 0) is 13.4 Å². The quantitative estimate of drug-likeness (QED) is 0.319. The van der Waals surface area contributed by atoms with Gasteiger partial charge in [-0.15, -0.1) is 0 Å². The lowest BCUT2D eigenvalue weighted by Gasteiger charge is -2.06. The number of rotatable bonds is 3. The second-order valence-electron chi connectivity index (χ2n) is 7.21. The van der Waals surface area contributed by atoms with Crippen molar-refractivity contribution in [2.45, 2.75) is 27.1 Å². The summed E-state index contributed by atoms with van der Waals surface area (Å²) < 4.78 is 25.7. The highest BCUT2D eigenvalue weighted by molar-refractivity contribution is 6.11. The van der Waals surface area contributed by atoms with Crippen LogP contribution in [0.3, 0.4) is 0 Å². The van der Waals surface area contributed by atoms with E-state index in [0.717, 1.165) is 33.2 Å². The molecule has 134 valence electrons. The van der Waals surface area contributed by atoms with Crippen LogP contribution in [0.2, 0.25) is 0 Å². The first-order chi connectivity index (χ1) is 13.8. The zero-order valence-electron chi connectivity index (χ0n) is 18.0. The Labute approximate surface area is 162 Å². The van der Waals surface area contributed by atoms with Gasteiger partial charge in [-0.2, -0.15) is 0 Å². The van der Waals surface area contributed by atoms with Crippen molar-refractivity contribution in [3.05, 3.63) is 71.2 Å². The minimum absolute atomic E-state index is 0.256. The molecule has 0 N–H and O–H groups in total. The molecule has 4 rings (SSSR count). The third-order valence-electron chi connectivity index (χ3n) is 4.82. The minimum Gasteiger partial charge on any atom is -0.455 e. The molecule has 0 radical (unpaired) electrons. The van der Waals surface area contributed by atoms with Gasteiger partial charge >= 0.3 is 0 Å². The van der Waals surface area contributed by atoms with Crippen LogP contribution in [0.5, 0.6) is 0 Å². The number of hydrogen-bond acceptors (Lipinski definition) is 1. The molecule has 0 aliphatic heterocycles. The Hall–Kier alpha value is -3.12. The van der Waals surface area contributed by atoms with Gasteiger partial charge in [-0.25, -0.2) is 9.41 Å². The lowest BCUT2D eigenvalue weighted by molar-refractivity contribution is -0.660. The molecule has 0 fully saturated rings. The van der Waals surface area contributed by atoms with Crippen molar-refractivity contribution in [3.8, 4) is 11.3 Å². The Morgan fingerprint density at radius 1 is 1.15 bits per heavy atom. The fourth-order valence-corrected chi connectivity index (χ4v) is 3.61. The molecule has 3 nitrogen and oxygen atoms in total. The molecule has 2 heterocycles. The van der Waals surface area contributed by atoms with Gasteiger partial charge in [0.15, 0.2) is 11.9 Å². The maximum Gasteiger partial charge on any atom is 0.216 e. The van der Waals surface area contributed by atoms with E-state index in [2.05, 4.69) is 10.9 Å². The van der Waals surface area contributed by atoms with Crippen LogP contribution in [0.25, 0.3) is 38.0 Å². The molecule has 0 spiro atoms. The maximum absolute atomic E-state index is 8.64. The first kappa shape index (κ1) is 15.0. The molecule has 0 amide bonds. The fourth-order valence-electron chi connectivity index (χ4n) is 3.61. The van der Waals surface area contributed by atoms with E-state index in [9.17, 15) is 0 Å². The van der Waals surface area contributed by atoms with E-state index in [4.69, 9.17) is 13.7 Å². The Morgan fingerprint density at radius 2 is 1.96 bits per heavy atom. The molecule has 0 bridgehead atoms. The van der Waals surface area contributed by atoms with Crippen molar-refractivity contribution >= 4 is 27.6 Å². The summed E-state index contributed by atoms with van der Waals surface area (Å²) in [4.78, 5) is 3.59. The van der Waals surface area contributed by atoms with Gasteiger partial charge < -0.3 is 4.42 Å². The summed E-state index contributed by atoms with van der Waals surface area (Å²) in [6.45, 7) is 13.2. The van der Waals surface area contributed by atoms with Gasteiger partial charge in [0.05, 0.1) is 12.1 Å². The summed E-state index contributed by atoms with van der Waals surface area (Å²) in [6, 6.07) is 13.5. The van der Waals surface area contributed by atoms with E-state index < -0.39 is 6.37 Å². The zero-order valence-corrected chi connectivity index (χ0v) is 16.0. The maximum atomic E-state index is 8.64. The van der Waals surface area contributed by atoms with Crippen molar-refractivity contribution in [2.75, 3.05) is 0 Å². The molecule has 0 aliphatic rings. The number of hydrogen-bond donors (Lipinski definition) is 0. The van der Waals surface area contributed by atoms with Crippen LogP contribution < -0.4 is 4.57 Å². The monoisotopic (exact) mass is 357 g/mol. The molecular weight excluding hydrogens is 332 g/mol. The lowest BCUT2D eigenvalue weighted by atomic mass is 9.98. The fraction of sp³-hybridized carbons (Fsp3) is 0.250. The number of aromatic nitrogens is 1. The number of furan rings is 1. The molecule has 0 unspecified atom stereocenters. The van der Waals surface area contributed by atoms with Gasteiger partial charge in [-0.3, -0.25) is 0 Å². The Kier molecular flexibility index (Phi) is 3.64. The smallest absolute Gasteiger partial charge is 0.216 e. The van der Waals surface area contributed by atoms with E-state index in [0.29, 0.717) is 16.8 Å². The molecule has 2 aromatic heterocycles. The second kappa shape index (κ2) is 6.55. The summed E-state index contributed by atoms with van der Waals surface area (Å²) in [5.74, 6) is -0.256. The minimum atomic E-state index is -1.61. The topological polar surface area (TPSA) is 21.4 Å². The highest BCUT2D eigenvalue weighted by atomic mass is 16.3. The van der Waals surface area contributed by atoms with Gasteiger partial charge in [-0.05, 0) is 48.5 Å². The van der Waals surface area contributed by atoms with Gasteiger partial charge in [-0.1, -0.05) is 26.0 Å². The van der Waals surface area contributed by atoms with E-state index in [-0.39, 0.29) is 5.92 Å². The molecule has 0 aliphatic carbocycles. The van der Waals surface area contributed by atoms with Crippen LogP contribution in [0.4, 0.5) is 5.69 Å². The Morgan fingerprint density at radius 3 is 2.67 bits per heavy atom. The average Bonchev–Trinajstić information content (AvgIpc) is 3.06. The van der Waals surface area contributed by atoms with Crippen molar-refractivity contribution < 1.29 is 11.7 Å². The van der Waals surface area contributed by atoms with Crippen LogP contribution in [0.15, 0.2) is 53.1 Å². The van der Waals surface area contributed by atoms with Gasteiger partial charge in [0.1, 0.15) is 18.2 Å². The normalized spacial score (nSPS) is 13.0. The summed E-state index contributed by atoms with van der Waals surface area (Å²) in [5, 5.41) is 1.68. The first-order valence-corrected chi connectivity index (χ1v) is 9.08. The summed E-state index contributed by atoms with van der Waals surface area (Å²) in [7, 11) is 2.00. The van der Waals surface area contributed by atoms with Gasteiger partial charge in [0.25, 0.3) is 0 Å². The van der Waals surface area contributed by atoms with Crippen LogP contribution in [-0.4, -0.2) is 0 Å². The third-order valence-corrected chi connectivity index (χ3v) is 4.82. The molecule has 3 heteroatoms. The predicted molar refractivity (Wildman–Crippen MR) is 110 cm³/mol.